The van der Waals surface area contributed by atoms with Gasteiger partial charge in [-0.2, -0.15) is 10.2 Å². The summed E-state index contributed by atoms with van der Waals surface area (Å²) in [6, 6.07) is 15.3. The van der Waals surface area contributed by atoms with E-state index >= 15 is 0 Å². The van der Waals surface area contributed by atoms with E-state index in [1.807, 2.05) is 55.5 Å². The molecule has 3 aromatic rings. The van der Waals surface area contributed by atoms with Gasteiger partial charge in [-0.05, 0) is 43.0 Å². The maximum Gasteiger partial charge on any atom is 0.270 e. The van der Waals surface area contributed by atoms with Crippen LogP contribution in [0, 0.1) is 6.92 Å². The predicted molar refractivity (Wildman–Crippen MR) is 85.7 cm³/mol. The molecule has 1 aliphatic rings. The van der Waals surface area contributed by atoms with E-state index in [1.54, 1.807) is 4.57 Å². The van der Waals surface area contributed by atoms with Crippen molar-refractivity contribution in [2.45, 2.75) is 17.5 Å². The highest BCUT2D eigenvalue weighted by Crippen LogP contribution is 2.36. The molecule has 5 nitrogen and oxygen atoms in total. The molecule has 0 fully saturated rings. The van der Waals surface area contributed by atoms with Crippen LogP contribution < -0.4 is 0 Å². The van der Waals surface area contributed by atoms with Crippen LogP contribution in [-0.4, -0.2) is 20.8 Å². The Morgan fingerprint density at radius 1 is 1.14 bits per heavy atom. The van der Waals surface area contributed by atoms with Crippen molar-refractivity contribution in [3.8, 4) is 0 Å². The second-order valence-electron chi connectivity index (χ2n) is 5.08. The molecule has 0 N–H and O–H groups in total. The zero-order valence-corrected chi connectivity index (χ0v) is 12.6. The number of benzene rings is 2. The van der Waals surface area contributed by atoms with Crippen molar-refractivity contribution >= 4 is 34.4 Å². The van der Waals surface area contributed by atoms with Gasteiger partial charge in [0.05, 0.1) is 16.7 Å². The van der Waals surface area contributed by atoms with Crippen LogP contribution in [0.15, 0.2) is 63.9 Å². The van der Waals surface area contributed by atoms with E-state index in [0.29, 0.717) is 5.16 Å². The van der Waals surface area contributed by atoms with E-state index in [4.69, 9.17) is 0 Å². The van der Waals surface area contributed by atoms with Gasteiger partial charge in [0.25, 0.3) is 5.91 Å². The molecule has 0 saturated carbocycles. The van der Waals surface area contributed by atoms with Gasteiger partial charge in [-0.15, -0.1) is 0 Å². The van der Waals surface area contributed by atoms with Crippen LogP contribution in [0.3, 0.4) is 0 Å². The molecule has 1 atom stereocenters. The van der Waals surface area contributed by atoms with Crippen LogP contribution in [0.25, 0.3) is 11.0 Å². The van der Waals surface area contributed by atoms with Crippen molar-refractivity contribution < 1.29 is 4.79 Å². The minimum Gasteiger partial charge on any atom is -0.270 e. The normalized spacial score (nSPS) is 17.5. The van der Waals surface area contributed by atoms with E-state index < -0.39 is 5.37 Å². The third-order valence-electron chi connectivity index (χ3n) is 3.49. The first-order valence-electron chi connectivity index (χ1n) is 6.88. The van der Waals surface area contributed by atoms with Gasteiger partial charge in [0, 0.05) is 0 Å². The van der Waals surface area contributed by atoms with E-state index in [1.165, 1.54) is 11.8 Å². The number of aromatic nitrogens is 2. The number of nitrogens with zero attached hydrogens (tertiary/aromatic N) is 4. The fourth-order valence-electron chi connectivity index (χ4n) is 2.36. The monoisotopic (exact) mass is 308 g/mol. The lowest BCUT2D eigenvalue weighted by molar-refractivity contribution is 0.0915. The fourth-order valence-corrected chi connectivity index (χ4v) is 3.31. The van der Waals surface area contributed by atoms with E-state index in [9.17, 15) is 4.79 Å². The summed E-state index contributed by atoms with van der Waals surface area (Å²) in [5.74, 6) is -0.0930. The summed E-state index contributed by atoms with van der Waals surface area (Å²) in [6.45, 7) is 2.02. The average molecular weight is 308 g/mol. The molecule has 0 spiro atoms. The number of carbonyl (C=O) groups excluding carboxylic acids is 1. The van der Waals surface area contributed by atoms with Gasteiger partial charge < -0.3 is 0 Å². The van der Waals surface area contributed by atoms with E-state index in [0.717, 1.165) is 22.3 Å². The lowest BCUT2D eigenvalue weighted by atomic mass is 10.2. The van der Waals surface area contributed by atoms with Crippen molar-refractivity contribution in [2.24, 2.45) is 10.2 Å². The molecular formula is C16H12N4OS. The van der Waals surface area contributed by atoms with Gasteiger partial charge in [0.1, 0.15) is 0 Å². The van der Waals surface area contributed by atoms with Crippen molar-refractivity contribution in [2.75, 3.05) is 0 Å². The Balaban J connectivity index is 1.63. The molecule has 2 heterocycles. The standard InChI is InChI=1S/C16H12N4OS/c1-10-6-8-11(9-7-10)18-19-14-15(21)20-13-5-3-2-4-12(13)17-16(20)22-14/h2-9,14H,1H3/t14-/m0/s1. The second-order valence-corrected chi connectivity index (χ2v) is 6.13. The summed E-state index contributed by atoms with van der Waals surface area (Å²) in [7, 11) is 0. The van der Waals surface area contributed by atoms with Crippen LogP contribution >= 0.6 is 11.8 Å². The fraction of sp³-hybridized carbons (Fsp3) is 0.125. The minimum absolute atomic E-state index is 0.0930. The first kappa shape index (κ1) is 13.2. The molecular weight excluding hydrogens is 296 g/mol. The summed E-state index contributed by atoms with van der Waals surface area (Å²) in [5, 5.41) is 8.46. The Labute approximate surface area is 131 Å². The summed E-state index contributed by atoms with van der Waals surface area (Å²) in [5.41, 5.74) is 3.56. The quantitative estimate of drug-likeness (QED) is 0.667. The first-order valence-corrected chi connectivity index (χ1v) is 7.76. The Kier molecular flexibility index (Phi) is 3.04. The minimum atomic E-state index is -0.562. The molecule has 4 rings (SSSR count). The van der Waals surface area contributed by atoms with Crippen LogP contribution in [-0.2, 0) is 0 Å². The molecule has 0 unspecified atom stereocenters. The van der Waals surface area contributed by atoms with Crippen LogP contribution in [0.2, 0.25) is 0 Å². The molecule has 0 saturated heterocycles. The predicted octanol–water partition coefficient (Wildman–Crippen LogP) is 4.20. The average Bonchev–Trinajstić information content (AvgIpc) is 3.04. The van der Waals surface area contributed by atoms with Gasteiger partial charge in [-0.3, -0.25) is 9.36 Å². The molecule has 1 aromatic heterocycles. The highest BCUT2D eigenvalue weighted by atomic mass is 32.2. The first-order chi connectivity index (χ1) is 10.7. The highest BCUT2D eigenvalue weighted by Gasteiger charge is 2.34. The SMILES string of the molecule is Cc1ccc(N=N[C@H]2Sc3nc4ccccc4n3C2=O)cc1. The zero-order chi connectivity index (χ0) is 15.1. The third kappa shape index (κ3) is 2.12. The maximum absolute atomic E-state index is 12.5. The molecule has 0 radical (unpaired) electrons. The van der Waals surface area contributed by atoms with Crippen molar-refractivity contribution in [3.63, 3.8) is 0 Å². The van der Waals surface area contributed by atoms with Gasteiger partial charge in [-0.25, -0.2) is 4.98 Å². The largest absolute Gasteiger partial charge is 0.270 e. The number of para-hydroxylation sites is 2. The molecule has 0 bridgehead atoms. The van der Waals surface area contributed by atoms with Gasteiger partial charge in [-0.1, -0.05) is 29.8 Å². The van der Waals surface area contributed by atoms with Crippen LogP contribution in [0.5, 0.6) is 0 Å². The topological polar surface area (TPSA) is 59.6 Å². The lowest BCUT2D eigenvalue weighted by Gasteiger charge is -2.00. The summed E-state index contributed by atoms with van der Waals surface area (Å²) < 4.78 is 1.62. The number of carbonyl (C=O) groups is 1. The summed E-state index contributed by atoms with van der Waals surface area (Å²) in [4.78, 5) is 17.0. The number of azo groups is 1. The molecule has 0 amide bonds. The second kappa shape index (κ2) is 5.06. The van der Waals surface area contributed by atoms with Crippen molar-refractivity contribution in [1.29, 1.82) is 0 Å². The van der Waals surface area contributed by atoms with E-state index in [2.05, 4.69) is 15.2 Å². The molecule has 108 valence electrons. The number of hydrogen-bond acceptors (Lipinski definition) is 5. The van der Waals surface area contributed by atoms with Crippen molar-refractivity contribution in [3.05, 3.63) is 54.1 Å². The van der Waals surface area contributed by atoms with Gasteiger partial charge in [0.15, 0.2) is 5.16 Å². The number of rotatable bonds is 2. The Morgan fingerprint density at radius 2 is 1.91 bits per heavy atom. The zero-order valence-electron chi connectivity index (χ0n) is 11.8. The Hall–Kier alpha value is -2.47. The highest BCUT2D eigenvalue weighted by molar-refractivity contribution is 8.00. The van der Waals surface area contributed by atoms with Crippen LogP contribution in [0.1, 0.15) is 10.4 Å². The van der Waals surface area contributed by atoms with Crippen LogP contribution in [0.4, 0.5) is 5.69 Å². The Morgan fingerprint density at radius 3 is 2.73 bits per heavy atom. The Bertz CT molecular complexity index is 898. The maximum atomic E-state index is 12.5. The number of imidazole rings is 1. The molecule has 0 aliphatic carbocycles. The number of hydrogen-bond donors (Lipinski definition) is 0. The van der Waals surface area contributed by atoms with E-state index in [-0.39, 0.29) is 5.91 Å². The molecule has 1 aliphatic heterocycles. The molecule has 6 heteroatoms. The van der Waals surface area contributed by atoms with Crippen molar-refractivity contribution in [1.82, 2.24) is 9.55 Å². The number of aryl methyl sites for hydroxylation is 1. The molecule has 22 heavy (non-hydrogen) atoms. The smallest absolute Gasteiger partial charge is 0.270 e. The van der Waals surface area contributed by atoms with Gasteiger partial charge >= 0.3 is 0 Å². The lowest BCUT2D eigenvalue weighted by Crippen LogP contribution is -2.14. The van der Waals surface area contributed by atoms with Gasteiger partial charge in [0.2, 0.25) is 5.37 Å². The summed E-state index contributed by atoms with van der Waals surface area (Å²) >= 11 is 1.33. The summed E-state index contributed by atoms with van der Waals surface area (Å²) in [6.07, 6.45) is 0. The number of thioether (sulfide) groups is 1. The molecule has 2 aromatic carbocycles. The third-order valence-corrected chi connectivity index (χ3v) is 4.49. The number of fused-ring (bicyclic) bond motifs is 3.